The van der Waals surface area contributed by atoms with Crippen LogP contribution in [0.2, 0.25) is 0 Å². The number of hydrogen-bond donors (Lipinski definition) is 1. The number of ether oxygens (including phenoxy) is 1. The van der Waals surface area contributed by atoms with Gasteiger partial charge in [-0.3, -0.25) is 19.7 Å². The van der Waals surface area contributed by atoms with E-state index in [1.54, 1.807) is 18.2 Å². The minimum absolute atomic E-state index is 0.155. The molecule has 0 heterocycles. The maximum Gasteiger partial charge on any atom is 0.311 e. The molecule has 1 N–H and O–H groups in total. The lowest BCUT2D eigenvalue weighted by Gasteiger charge is -2.07. The van der Waals surface area contributed by atoms with E-state index >= 15 is 0 Å². The molecule has 1 amide bonds. The van der Waals surface area contributed by atoms with Crippen molar-refractivity contribution in [3.8, 4) is 0 Å². The second kappa shape index (κ2) is 8.39. The van der Waals surface area contributed by atoms with E-state index in [2.05, 4.69) is 27.9 Å². The monoisotopic (exact) mass is 440 g/mol. The van der Waals surface area contributed by atoms with Crippen LogP contribution in [0, 0.1) is 13.7 Å². The van der Waals surface area contributed by atoms with E-state index in [9.17, 15) is 19.7 Å². The Morgan fingerprint density at radius 2 is 1.79 bits per heavy atom. The number of carbonyl (C=O) groups excluding carboxylic acids is 2. The Morgan fingerprint density at radius 3 is 2.46 bits per heavy atom. The molecule has 0 aliphatic rings. The van der Waals surface area contributed by atoms with Crippen LogP contribution in [0.5, 0.6) is 0 Å². The lowest BCUT2D eigenvalue weighted by atomic mass is 10.1. The molecule has 0 spiro atoms. The molecule has 7 nitrogen and oxygen atoms in total. The third kappa shape index (κ3) is 5.30. The predicted octanol–water partition coefficient (Wildman–Crippen LogP) is 2.92. The van der Waals surface area contributed by atoms with Gasteiger partial charge < -0.3 is 10.1 Å². The molecular formula is C16H13IN2O5. The van der Waals surface area contributed by atoms with Crippen molar-refractivity contribution in [1.29, 1.82) is 0 Å². The molecule has 0 aliphatic carbocycles. The highest BCUT2D eigenvalue weighted by atomic mass is 127. The summed E-state index contributed by atoms with van der Waals surface area (Å²) in [5, 5.41) is 13.5. The van der Waals surface area contributed by atoms with Crippen molar-refractivity contribution < 1.29 is 19.2 Å². The molecule has 0 bridgehead atoms. The normalized spacial score (nSPS) is 10.0. The summed E-state index contributed by atoms with van der Waals surface area (Å²) in [7, 11) is 0. The second-order valence-corrected chi connectivity index (χ2v) is 6.02. The average Bonchev–Trinajstić information content (AvgIpc) is 2.55. The number of nitro benzene ring substituents is 1. The molecular weight excluding hydrogens is 427 g/mol. The first kappa shape index (κ1) is 17.9. The number of para-hydroxylation sites is 1. The summed E-state index contributed by atoms with van der Waals surface area (Å²) in [6.07, 6.45) is -0.270. The standard InChI is InChI=1S/C16H13IN2O5/c17-12-5-7-13(8-6-12)18-15(20)10-24-16(21)9-11-3-1-2-4-14(11)19(22)23/h1-8H,9-10H2,(H,18,20). The summed E-state index contributed by atoms with van der Waals surface area (Å²) in [5.41, 5.74) is 0.679. The number of anilines is 1. The van der Waals surface area contributed by atoms with Crippen LogP contribution >= 0.6 is 22.6 Å². The lowest BCUT2D eigenvalue weighted by Crippen LogP contribution is -2.21. The molecule has 0 saturated heterocycles. The SMILES string of the molecule is O=C(COC(=O)Cc1ccccc1[N+](=O)[O-])Nc1ccc(I)cc1. The van der Waals surface area contributed by atoms with E-state index in [1.807, 2.05) is 12.1 Å². The number of benzene rings is 2. The summed E-state index contributed by atoms with van der Waals surface area (Å²) in [6.45, 7) is -0.453. The van der Waals surface area contributed by atoms with Gasteiger partial charge in [-0.1, -0.05) is 18.2 Å². The molecule has 0 fully saturated rings. The molecule has 8 heteroatoms. The van der Waals surface area contributed by atoms with E-state index in [-0.39, 0.29) is 17.7 Å². The first-order valence-electron chi connectivity index (χ1n) is 6.89. The van der Waals surface area contributed by atoms with Crippen LogP contribution in [0.3, 0.4) is 0 Å². The number of carbonyl (C=O) groups is 2. The maximum atomic E-state index is 11.8. The first-order valence-corrected chi connectivity index (χ1v) is 7.97. The highest BCUT2D eigenvalue weighted by Crippen LogP contribution is 2.18. The minimum Gasteiger partial charge on any atom is -0.455 e. The summed E-state index contributed by atoms with van der Waals surface area (Å²) >= 11 is 2.14. The van der Waals surface area contributed by atoms with E-state index in [0.717, 1.165) is 3.57 Å². The summed E-state index contributed by atoms with van der Waals surface area (Å²) < 4.78 is 5.89. The molecule has 2 aromatic carbocycles. The van der Waals surface area contributed by atoms with Gasteiger partial charge in [0.05, 0.1) is 11.3 Å². The van der Waals surface area contributed by atoms with Crippen LogP contribution < -0.4 is 5.32 Å². The molecule has 0 unspecified atom stereocenters. The van der Waals surface area contributed by atoms with Gasteiger partial charge in [-0.25, -0.2) is 0 Å². The smallest absolute Gasteiger partial charge is 0.311 e. The molecule has 0 aliphatic heterocycles. The van der Waals surface area contributed by atoms with Crippen molar-refractivity contribution in [2.75, 3.05) is 11.9 Å². The van der Waals surface area contributed by atoms with Crippen LogP contribution in [0.1, 0.15) is 5.56 Å². The van der Waals surface area contributed by atoms with Crippen molar-refractivity contribution in [2.24, 2.45) is 0 Å². The number of nitrogens with zero attached hydrogens (tertiary/aromatic N) is 1. The minimum atomic E-state index is -0.706. The van der Waals surface area contributed by atoms with Gasteiger partial charge >= 0.3 is 5.97 Å². The Labute approximate surface area is 151 Å². The van der Waals surface area contributed by atoms with Gasteiger partial charge in [0.25, 0.3) is 11.6 Å². The van der Waals surface area contributed by atoms with E-state index < -0.39 is 23.4 Å². The number of nitro groups is 1. The third-order valence-corrected chi connectivity index (χ3v) is 3.73. The van der Waals surface area contributed by atoms with Crippen molar-refractivity contribution in [1.82, 2.24) is 0 Å². The van der Waals surface area contributed by atoms with Crippen LogP contribution in [0.15, 0.2) is 48.5 Å². The van der Waals surface area contributed by atoms with Crippen molar-refractivity contribution in [3.05, 3.63) is 67.8 Å². The average molecular weight is 440 g/mol. The topological polar surface area (TPSA) is 98.5 Å². The zero-order valence-corrected chi connectivity index (χ0v) is 14.6. The van der Waals surface area contributed by atoms with Crippen molar-refractivity contribution in [3.63, 3.8) is 0 Å². The molecule has 2 aromatic rings. The molecule has 24 heavy (non-hydrogen) atoms. The highest BCUT2D eigenvalue weighted by Gasteiger charge is 2.17. The summed E-state index contributed by atoms with van der Waals surface area (Å²) in [4.78, 5) is 33.8. The number of esters is 1. The molecule has 124 valence electrons. The quantitative estimate of drug-likeness (QED) is 0.323. The van der Waals surface area contributed by atoms with Crippen molar-refractivity contribution in [2.45, 2.75) is 6.42 Å². The Balaban J connectivity index is 1.86. The van der Waals surface area contributed by atoms with E-state index in [1.165, 1.54) is 18.2 Å². The zero-order chi connectivity index (χ0) is 17.5. The van der Waals surface area contributed by atoms with Crippen LogP contribution in [-0.2, 0) is 20.7 Å². The number of hydrogen-bond acceptors (Lipinski definition) is 5. The van der Waals surface area contributed by atoms with Gasteiger partial charge in [-0.05, 0) is 46.9 Å². The number of amides is 1. The third-order valence-electron chi connectivity index (χ3n) is 3.02. The maximum absolute atomic E-state index is 11.8. The Kier molecular flexibility index (Phi) is 6.24. The number of nitrogens with one attached hydrogen (secondary N) is 1. The Morgan fingerprint density at radius 1 is 1.12 bits per heavy atom. The molecule has 0 radical (unpaired) electrons. The molecule has 0 aromatic heterocycles. The zero-order valence-electron chi connectivity index (χ0n) is 12.4. The highest BCUT2D eigenvalue weighted by molar-refractivity contribution is 14.1. The fourth-order valence-electron chi connectivity index (χ4n) is 1.92. The predicted molar refractivity (Wildman–Crippen MR) is 95.5 cm³/mol. The molecule has 0 atom stereocenters. The largest absolute Gasteiger partial charge is 0.455 e. The second-order valence-electron chi connectivity index (χ2n) is 4.78. The van der Waals surface area contributed by atoms with Gasteiger partial charge in [-0.2, -0.15) is 0 Å². The van der Waals surface area contributed by atoms with E-state index in [4.69, 9.17) is 4.74 Å². The van der Waals surface area contributed by atoms with Crippen LogP contribution in [0.4, 0.5) is 11.4 Å². The van der Waals surface area contributed by atoms with Gasteiger partial charge in [0.2, 0.25) is 0 Å². The fourth-order valence-corrected chi connectivity index (χ4v) is 2.28. The van der Waals surface area contributed by atoms with Crippen molar-refractivity contribution >= 4 is 45.8 Å². The Hall–Kier alpha value is -2.49. The number of halogens is 1. The summed E-state index contributed by atoms with van der Waals surface area (Å²) in [5.74, 6) is -1.19. The molecule has 0 saturated carbocycles. The van der Waals surface area contributed by atoms with Crippen LogP contribution in [0.25, 0.3) is 0 Å². The first-order chi connectivity index (χ1) is 11.5. The van der Waals surface area contributed by atoms with Gasteiger partial charge in [-0.15, -0.1) is 0 Å². The molecule has 2 rings (SSSR count). The summed E-state index contributed by atoms with van der Waals surface area (Å²) in [6, 6.07) is 13.0. The van der Waals surface area contributed by atoms with E-state index in [0.29, 0.717) is 5.69 Å². The van der Waals surface area contributed by atoms with Gasteiger partial charge in [0.1, 0.15) is 0 Å². The number of rotatable bonds is 6. The van der Waals surface area contributed by atoms with Crippen LogP contribution in [-0.4, -0.2) is 23.4 Å². The van der Waals surface area contributed by atoms with Gasteiger partial charge in [0.15, 0.2) is 6.61 Å². The fraction of sp³-hybridized carbons (Fsp3) is 0.125. The Bertz CT molecular complexity index is 761. The van der Waals surface area contributed by atoms with Gasteiger partial charge in [0, 0.05) is 20.9 Å². The lowest BCUT2D eigenvalue weighted by molar-refractivity contribution is -0.385.